The highest BCUT2D eigenvalue weighted by Gasteiger charge is 2.33. The van der Waals surface area contributed by atoms with Crippen LogP contribution in [-0.4, -0.2) is 29.8 Å². The normalized spacial score (nSPS) is 18.0. The van der Waals surface area contributed by atoms with Crippen molar-refractivity contribution in [1.29, 1.82) is 0 Å². The molecule has 1 aliphatic rings. The van der Waals surface area contributed by atoms with Crippen LogP contribution >= 0.6 is 15.9 Å². The van der Waals surface area contributed by atoms with Crippen molar-refractivity contribution < 1.29 is 24.2 Å². The Hall–Kier alpha value is -2.22. The SMILES string of the molecule is CCOc1cc([C@H]2NC(=O)NC(C)=C2C(=O)O[C@@H](C)CC)cc(Br)c1O. The van der Waals surface area contributed by atoms with Gasteiger partial charge in [0.15, 0.2) is 11.5 Å². The molecule has 0 aliphatic carbocycles. The second-order valence-corrected chi connectivity index (χ2v) is 6.83. The number of benzene rings is 1. The van der Waals surface area contributed by atoms with Crippen molar-refractivity contribution in [3.05, 3.63) is 33.4 Å². The summed E-state index contributed by atoms with van der Waals surface area (Å²) in [7, 11) is 0. The zero-order valence-corrected chi connectivity index (χ0v) is 16.8. The van der Waals surface area contributed by atoms with E-state index in [1.807, 2.05) is 13.8 Å². The van der Waals surface area contributed by atoms with Crippen LogP contribution in [0.3, 0.4) is 0 Å². The Morgan fingerprint density at radius 2 is 2.08 bits per heavy atom. The first-order chi connectivity index (χ1) is 12.3. The lowest BCUT2D eigenvalue weighted by atomic mass is 9.95. The predicted molar refractivity (Wildman–Crippen MR) is 99.9 cm³/mol. The molecule has 7 nitrogen and oxygen atoms in total. The van der Waals surface area contributed by atoms with Gasteiger partial charge in [0.2, 0.25) is 0 Å². The molecule has 142 valence electrons. The third-order valence-corrected chi connectivity index (χ3v) is 4.66. The quantitative estimate of drug-likeness (QED) is 0.604. The second kappa shape index (κ2) is 8.44. The largest absolute Gasteiger partial charge is 0.503 e. The molecular weight excluding hydrogens is 404 g/mol. The van der Waals surface area contributed by atoms with Crippen molar-refractivity contribution >= 4 is 27.9 Å². The van der Waals surface area contributed by atoms with Gasteiger partial charge in [-0.1, -0.05) is 6.92 Å². The van der Waals surface area contributed by atoms with Gasteiger partial charge in [0, 0.05) is 5.70 Å². The van der Waals surface area contributed by atoms with Crippen LogP contribution in [0.2, 0.25) is 0 Å². The van der Waals surface area contributed by atoms with Gasteiger partial charge in [-0.05, 0) is 60.8 Å². The van der Waals surface area contributed by atoms with Crippen LogP contribution in [0.1, 0.15) is 45.7 Å². The zero-order chi connectivity index (χ0) is 19.4. The number of esters is 1. The van der Waals surface area contributed by atoms with Crippen LogP contribution in [0.5, 0.6) is 11.5 Å². The Balaban J connectivity index is 2.49. The van der Waals surface area contributed by atoms with Gasteiger partial charge in [0.25, 0.3) is 0 Å². The summed E-state index contributed by atoms with van der Waals surface area (Å²) in [6.07, 6.45) is 0.438. The first-order valence-electron chi connectivity index (χ1n) is 8.42. The second-order valence-electron chi connectivity index (χ2n) is 5.98. The molecular formula is C18H23BrN2O5. The van der Waals surface area contributed by atoms with Gasteiger partial charge in [0.05, 0.1) is 28.8 Å². The number of phenols is 1. The fraction of sp³-hybridized carbons (Fsp3) is 0.444. The zero-order valence-electron chi connectivity index (χ0n) is 15.2. The maximum atomic E-state index is 12.7. The molecule has 2 atom stereocenters. The van der Waals surface area contributed by atoms with Gasteiger partial charge in [-0.15, -0.1) is 0 Å². The molecule has 0 unspecified atom stereocenters. The summed E-state index contributed by atoms with van der Waals surface area (Å²) < 4.78 is 11.3. The highest BCUT2D eigenvalue weighted by molar-refractivity contribution is 9.10. The third-order valence-electron chi connectivity index (χ3n) is 4.06. The van der Waals surface area contributed by atoms with Crippen LogP contribution in [0, 0.1) is 0 Å². The number of rotatable bonds is 6. The molecule has 0 saturated heterocycles. The van der Waals surface area contributed by atoms with Gasteiger partial charge in [-0.2, -0.15) is 0 Å². The van der Waals surface area contributed by atoms with Crippen LogP contribution in [0.15, 0.2) is 27.9 Å². The Morgan fingerprint density at radius 1 is 1.38 bits per heavy atom. The van der Waals surface area contributed by atoms with Gasteiger partial charge in [-0.3, -0.25) is 0 Å². The van der Waals surface area contributed by atoms with E-state index >= 15 is 0 Å². The Morgan fingerprint density at radius 3 is 2.69 bits per heavy atom. The van der Waals surface area contributed by atoms with E-state index in [0.717, 1.165) is 0 Å². The number of allylic oxidation sites excluding steroid dienone is 1. The molecule has 0 aromatic heterocycles. The Labute approximate surface area is 160 Å². The maximum absolute atomic E-state index is 12.7. The van der Waals surface area contributed by atoms with E-state index in [1.54, 1.807) is 26.0 Å². The first kappa shape index (κ1) is 20.1. The topological polar surface area (TPSA) is 96.9 Å². The number of carbonyl (C=O) groups excluding carboxylic acids is 2. The molecule has 3 N–H and O–H groups in total. The molecule has 8 heteroatoms. The number of ether oxygens (including phenoxy) is 2. The molecule has 0 spiro atoms. The summed E-state index contributed by atoms with van der Waals surface area (Å²) in [4.78, 5) is 24.6. The van der Waals surface area contributed by atoms with E-state index in [-0.39, 0.29) is 17.6 Å². The molecule has 1 heterocycles. The minimum atomic E-state index is -0.726. The molecule has 2 rings (SSSR count). The summed E-state index contributed by atoms with van der Waals surface area (Å²) in [5.74, 6) is -0.284. The van der Waals surface area contributed by atoms with Crippen molar-refractivity contribution in [2.24, 2.45) is 0 Å². The average Bonchev–Trinajstić information content (AvgIpc) is 2.57. The number of urea groups is 1. The fourth-order valence-corrected chi connectivity index (χ4v) is 3.03. The molecule has 1 aromatic rings. The standard InChI is InChI=1S/C18H23BrN2O5/c1-5-9(3)26-17(23)14-10(4)20-18(24)21-15(14)11-7-12(19)16(22)13(8-11)25-6-2/h7-9,15,22H,5-6H2,1-4H3,(H2,20,21,24)/t9-,15+/m0/s1. The van der Waals surface area contributed by atoms with Crippen molar-refractivity contribution in [3.63, 3.8) is 0 Å². The summed E-state index contributed by atoms with van der Waals surface area (Å²) in [6, 6.07) is 2.09. The summed E-state index contributed by atoms with van der Waals surface area (Å²) in [6.45, 7) is 7.54. The molecule has 0 fully saturated rings. The lowest BCUT2D eigenvalue weighted by molar-refractivity contribution is -0.144. The van der Waals surface area contributed by atoms with E-state index in [4.69, 9.17) is 9.47 Å². The molecule has 26 heavy (non-hydrogen) atoms. The van der Waals surface area contributed by atoms with Crippen LogP contribution in [0.4, 0.5) is 4.79 Å². The maximum Gasteiger partial charge on any atom is 0.338 e. The number of nitrogens with one attached hydrogen (secondary N) is 2. The smallest absolute Gasteiger partial charge is 0.338 e. The number of hydrogen-bond donors (Lipinski definition) is 3. The van der Waals surface area contributed by atoms with Crippen LogP contribution in [-0.2, 0) is 9.53 Å². The minimum absolute atomic E-state index is 0.0414. The number of carbonyl (C=O) groups is 2. The van der Waals surface area contributed by atoms with Gasteiger partial charge in [0.1, 0.15) is 0 Å². The number of amides is 2. The van der Waals surface area contributed by atoms with Crippen molar-refractivity contribution in [2.75, 3.05) is 6.61 Å². The molecule has 1 aliphatic heterocycles. The van der Waals surface area contributed by atoms with E-state index in [9.17, 15) is 14.7 Å². The molecule has 2 amide bonds. The van der Waals surface area contributed by atoms with E-state index in [0.29, 0.717) is 34.3 Å². The van der Waals surface area contributed by atoms with Crippen molar-refractivity contribution in [2.45, 2.75) is 46.3 Å². The lowest BCUT2D eigenvalue weighted by Crippen LogP contribution is -2.45. The highest BCUT2D eigenvalue weighted by Crippen LogP contribution is 2.39. The molecule has 0 radical (unpaired) electrons. The van der Waals surface area contributed by atoms with E-state index in [2.05, 4.69) is 26.6 Å². The Kier molecular flexibility index (Phi) is 6.52. The summed E-state index contributed by atoms with van der Waals surface area (Å²) in [5, 5.41) is 15.4. The Bertz CT molecular complexity index is 747. The van der Waals surface area contributed by atoms with E-state index in [1.165, 1.54) is 0 Å². The van der Waals surface area contributed by atoms with Crippen LogP contribution in [0.25, 0.3) is 0 Å². The number of phenolic OH excluding ortho intramolecular Hbond substituents is 1. The van der Waals surface area contributed by atoms with Gasteiger partial charge >= 0.3 is 12.0 Å². The predicted octanol–water partition coefficient (Wildman–Crippen LogP) is 3.52. The van der Waals surface area contributed by atoms with Gasteiger partial charge < -0.3 is 25.2 Å². The molecule has 1 aromatic carbocycles. The molecule has 0 saturated carbocycles. The molecule has 0 bridgehead atoms. The monoisotopic (exact) mass is 426 g/mol. The summed E-state index contributed by atoms with van der Waals surface area (Å²) in [5.41, 5.74) is 1.32. The van der Waals surface area contributed by atoms with E-state index < -0.39 is 18.0 Å². The number of hydrogen-bond acceptors (Lipinski definition) is 5. The lowest BCUT2D eigenvalue weighted by Gasteiger charge is -2.29. The fourth-order valence-electron chi connectivity index (χ4n) is 2.57. The average molecular weight is 427 g/mol. The third kappa shape index (κ3) is 4.30. The van der Waals surface area contributed by atoms with Crippen molar-refractivity contribution in [1.82, 2.24) is 10.6 Å². The highest BCUT2D eigenvalue weighted by atomic mass is 79.9. The first-order valence-corrected chi connectivity index (χ1v) is 9.22. The minimum Gasteiger partial charge on any atom is -0.503 e. The number of aromatic hydroxyl groups is 1. The number of halogens is 1. The van der Waals surface area contributed by atoms with Crippen LogP contribution < -0.4 is 15.4 Å². The van der Waals surface area contributed by atoms with Crippen molar-refractivity contribution in [3.8, 4) is 11.5 Å². The summed E-state index contributed by atoms with van der Waals surface area (Å²) >= 11 is 3.28. The van der Waals surface area contributed by atoms with Gasteiger partial charge in [-0.25, -0.2) is 9.59 Å².